The van der Waals surface area contributed by atoms with Gasteiger partial charge in [0.25, 0.3) is 0 Å². The molecule has 1 N–H and O–H groups in total. The fourth-order valence-electron chi connectivity index (χ4n) is 3.85. The highest BCUT2D eigenvalue weighted by Gasteiger charge is 2.26. The molecule has 168 valence electrons. The van der Waals surface area contributed by atoms with Crippen molar-refractivity contribution >= 4 is 17.5 Å². The van der Waals surface area contributed by atoms with Gasteiger partial charge in [-0.15, -0.1) is 0 Å². The Balaban J connectivity index is 1.24. The summed E-state index contributed by atoms with van der Waals surface area (Å²) in [5.41, 5.74) is 1.86. The molecule has 0 radical (unpaired) electrons. The largest absolute Gasteiger partial charge is 0.494 e. The minimum absolute atomic E-state index is 0.0195. The first-order valence-corrected chi connectivity index (χ1v) is 11.3. The predicted octanol–water partition coefficient (Wildman–Crippen LogP) is 4.32. The second-order valence-corrected chi connectivity index (χ2v) is 8.31. The molecule has 2 aromatic carbocycles. The van der Waals surface area contributed by atoms with E-state index in [2.05, 4.69) is 20.4 Å². The maximum absolute atomic E-state index is 12.6. The van der Waals surface area contributed by atoms with Crippen LogP contribution in [0.25, 0.3) is 11.4 Å². The number of carbonyl (C=O) groups excluding carboxylic acids is 1. The third-order valence-electron chi connectivity index (χ3n) is 5.54. The molecule has 0 atom stereocenters. The molecule has 0 aliphatic carbocycles. The van der Waals surface area contributed by atoms with Crippen molar-refractivity contribution in [1.82, 2.24) is 20.4 Å². The molecular formula is C24H27ClN4O3. The van der Waals surface area contributed by atoms with Crippen LogP contribution in [0.5, 0.6) is 5.75 Å². The Morgan fingerprint density at radius 2 is 2.03 bits per heavy atom. The molecule has 7 nitrogen and oxygen atoms in total. The number of hydrogen-bond donors (Lipinski definition) is 1. The zero-order chi connectivity index (χ0) is 22.3. The van der Waals surface area contributed by atoms with Crippen LogP contribution in [0.2, 0.25) is 5.02 Å². The second kappa shape index (κ2) is 10.6. The Morgan fingerprint density at radius 1 is 1.22 bits per heavy atom. The predicted molar refractivity (Wildman–Crippen MR) is 122 cm³/mol. The number of ether oxygens (including phenoxy) is 1. The third-order valence-corrected chi connectivity index (χ3v) is 5.78. The van der Waals surface area contributed by atoms with Gasteiger partial charge in [-0.3, -0.25) is 9.69 Å². The van der Waals surface area contributed by atoms with Gasteiger partial charge >= 0.3 is 0 Å². The normalized spacial score (nSPS) is 14.9. The Kier molecular flexibility index (Phi) is 7.39. The van der Waals surface area contributed by atoms with E-state index < -0.39 is 0 Å². The number of benzene rings is 2. The van der Waals surface area contributed by atoms with Crippen LogP contribution >= 0.6 is 11.6 Å². The molecule has 0 saturated carbocycles. The second-order valence-electron chi connectivity index (χ2n) is 7.87. The molecule has 1 fully saturated rings. The smallest absolute Gasteiger partial charge is 0.241 e. The van der Waals surface area contributed by atoms with E-state index >= 15 is 0 Å². The fraction of sp³-hybridized carbons (Fsp3) is 0.375. The minimum atomic E-state index is 0.0195. The summed E-state index contributed by atoms with van der Waals surface area (Å²) in [5.74, 6) is 2.05. The molecule has 3 aromatic rings. The van der Waals surface area contributed by atoms with Crippen LogP contribution in [0.15, 0.2) is 53.1 Å². The number of aromatic nitrogens is 2. The van der Waals surface area contributed by atoms with Gasteiger partial charge in [-0.1, -0.05) is 41.0 Å². The quantitative estimate of drug-likeness (QED) is 0.546. The first-order valence-electron chi connectivity index (χ1n) is 10.9. The summed E-state index contributed by atoms with van der Waals surface area (Å²) in [4.78, 5) is 19.3. The van der Waals surface area contributed by atoms with E-state index in [0.717, 1.165) is 42.8 Å². The van der Waals surface area contributed by atoms with Crippen molar-refractivity contribution in [2.24, 2.45) is 5.92 Å². The Bertz CT molecular complexity index is 1050. The van der Waals surface area contributed by atoms with E-state index in [-0.39, 0.29) is 11.8 Å². The van der Waals surface area contributed by atoms with Gasteiger partial charge in [0.1, 0.15) is 5.75 Å². The minimum Gasteiger partial charge on any atom is -0.494 e. The van der Waals surface area contributed by atoms with Crippen LogP contribution in [-0.2, 0) is 17.9 Å². The summed E-state index contributed by atoms with van der Waals surface area (Å²) in [6.07, 6.45) is 1.61. The fourth-order valence-corrected chi connectivity index (χ4v) is 4.04. The van der Waals surface area contributed by atoms with Crippen molar-refractivity contribution in [3.63, 3.8) is 0 Å². The standard InChI is InChI=1S/C24H27ClN4O3/c1-2-31-21-8-3-5-17(13-21)15-26-24(30)18-9-11-29(12-10-18)16-22-27-23(28-32-22)19-6-4-7-20(25)14-19/h3-8,13-14,18H,2,9-12,15-16H2,1H3,(H,26,30). The van der Waals surface area contributed by atoms with E-state index in [9.17, 15) is 4.79 Å². The molecule has 1 aliphatic rings. The highest BCUT2D eigenvalue weighted by atomic mass is 35.5. The lowest BCUT2D eigenvalue weighted by Gasteiger charge is -2.30. The average molecular weight is 455 g/mol. The van der Waals surface area contributed by atoms with Crippen LogP contribution in [0.4, 0.5) is 0 Å². The van der Waals surface area contributed by atoms with Gasteiger partial charge in [0.05, 0.1) is 13.2 Å². The summed E-state index contributed by atoms with van der Waals surface area (Å²) in [6.45, 7) is 5.29. The Morgan fingerprint density at radius 3 is 2.81 bits per heavy atom. The monoisotopic (exact) mass is 454 g/mol. The lowest BCUT2D eigenvalue weighted by molar-refractivity contribution is -0.126. The number of piperidine rings is 1. The summed E-state index contributed by atoms with van der Waals surface area (Å²) in [5, 5.41) is 7.76. The highest BCUT2D eigenvalue weighted by molar-refractivity contribution is 6.30. The van der Waals surface area contributed by atoms with Gasteiger partial charge in [0.2, 0.25) is 17.6 Å². The van der Waals surface area contributed by atoms with Crippen molar-refractivity contribution < 1.29 is 14.1 Å². The van der Waals surface area contributed by atoms with Crippen molar-refractivity contribution in [3.8, 4) is 17.1 Å². The molecule has 4 rings (SSSR count). The topological polar surface area (TPSA) is 80.5 Å². The number of hydrogen-bond acceptors (Lipinski definition) is 6. The zero-order valence-electron chi connectivity index (χ0n) is 18.1. The van der Waals surface area contributed by atoms with Gasteiger partial charge in [0, 0.05) is 23.0 Å². The zero-order valence-corrected chi connectivity index (χ0v) is 18.8. The molecule has 8 heteroatoms. The molecule has 0 bridgehead atoms. The number of rotatable bonds is 8. The molecule has 0 spiro atoms. The van der Waals surface area contributed by atoms with Crippen LogP contribution in [-0.4, -0.2) is 40.6 Å². The van der Waals surface area contributed by atoms with Crippen LogP contribution in [0, 0.1) is 5.92 Å². The van der Waals surface area contributed by atoms with Gasteiger partial charge in [0.15, 0.2) is 0 Å². The SMILES string of the molecule is CCOc1cccc(CNC(=O)C2CCN(Cc3nc(-c4cccc(Cl)c4)no3)CC2)c1. The number of halogens is 1. The van der Waals surface area contributed by atoms with Crippen molar-refractivity contribution in [3.05, 3.63) is 65.0 Å². The molecule has 32 heavy (non-hydrogen) atoms. The molecule has 1 aromatic heterocycles. The summed E-state index contributed by atoms with van der Waals surface area (Å²) in [6, 6.07) is 15.2. The van der Waals surface area contributed by atoms with Crippen LogP contribution in [0.3, 0.4) is 0 Å². The average Bonchev–Trinajstić information content (AvgIpc) is 3.27. The Hall–Kier alpha value is -2.90. The van der Waals surface area contributed by atoms with Crippen LogP contribution in [0.1, 0.15) is 31.2 Å². The van der Waals surface area contributed by atoms with E-state index in [0.29, 0.717) is 36.4 Å². The van der Waals surface area contributed by atoms with Crippen molar-refractivity contribution in [2.45, 2.75) is 32.9 Å². The first-order chi connectivity index (χ1) is 15.6. The van der Waals surface area contributed by atoms with Gasteiger partial charge in [-0.2, -0.15) is 4.98 Å². The van der Waals surface area contributed by atoms with Gasteiger partial charge in [-0.25, -0.2) is 0 Å². The molecular weight excluding hydrogens is 428 g/mol. The van der Waals surface area contributed by atoms with Crippen molar-refractivity contribution in [1.29, 1.82) is 0 Å². The van der Waals surface area contributed by atoms with Gasteiger partial charge < -0.3 is 14.6 Å². The van der Waals surface area contributed by atoms with Crippen molar-refractivity contribution in [2.75, 3.05) is 19.7 Å². The van der Waals surface area contributed by atoms with E-state index in [4.69, 9.17) is 20.9 Å². The van der Waals surface area contributed by atoms with Crippen LogP contribution < -0.4 is 10.1 Å². The first kappa shape index (κ1) is 22.3. The molecule has 1 amide bonds. The number of amides is 1. The summed E-state index contributed by atoms with van der Waals surface area (Å²) in [7, 11) is 0. The highest BCUT2D eigenvalue weighted by Crippen LogP contribution is 2.22. The summed E-state index contributed by atoms with van der Waals surface area (Å²) >= 11 is 6.04. The number of likely N-dealkylation sites (tertiary alicyclic amines) is 1. The summed E-state index contributed by atoms with van der Waals surface area (Å²) < 4.78 is 10.9. The molecule has 0 unspecified atom stereocenters. The maximum atomic E-state index is 12.6. The van der Waals surface area contributed by atoms with Gasteiger partial charge in [-0.05, 0) is 62.7 Å². The number of carbonyl (C=O) groups is 1. The number of nitrogens with one attached hydrogen (secondary N) is 1. The van der Waals surface area contributed by atoms with E-state index in [1.54, 1.807) is 0 Å². The molecule has 1 saturated heterocycles. The van der Waals surface area contributed by atoms with E-state index in [1.807, 2.05) is 55.5 Å². The molecule has 2 heterocycles. The Labute approximate surface area is 192 Å². The molecule has 1 aliphatic heterocycles. The maximum Gasteiger partial charge on any atom is 0.241 e. The number of nitrogens with zero attached hydrogens (tertiary/aromatic N) is 3. The lowest BCUT2D eigenvalue weighted by Crippen LogP contribution is -2.40. The third kappa shape index (κ3) is 5.87. The lowest BCUT2D eigenvalue weighted by atomic mass is 9.96. The van der Waals surface area contributed by atoms with E-state index in [1.165, 1.54) is 0 Å².